The van der Waals surface area contributed by atoms with E-state index in [0.29, 0.717) is 36.0 Å². The summed E-state index contributed by atoms with van der Waals surface area (Å²) in [5, 5.41) is 20.2. The summed E-state index contributed by atoms with van der Waals surface area (Å²) in [4.78, 5) is 40.7. The second-order valence-corrected chi connectivity index (χ2v) is 21.4. The van der Waals surface area contributed by atoms with Crippen molar-refractivity contribution in [3.8, 4) is 0 Å². The molecule has 0 bridgehead atoms. The Balaban J connectivity index is 0.794. The van der Waals surface area contributed by atoms with E-state index >= 15 is 0 Å². The van der Waals surface area contributed by atoms with E-state index in [9.17, 15) is 14.4 Å². The van der Waals surface area contributed by atoms with Gasteiger partial charge >= 0.3 is 18.2 Å². The second kappa shape index (κ2) is 16.0. The van der Waals surface area contributed by atoms with Crippen molar-refractivity contribution < 1.29 is 28.6 Å². The third-order valence-electron chi connectivity index (χ3n) is 18.5. The number of nitrogens with one attached hydrogen (secondary N) is 2. The molecule has 4 aliphatic rings. The molecule has 12 rings (SSSR count). The van der Waals surface area contributed by atoms with E-state index in [1.807, 2.05) is 12.1 Å². The van der Waals surface area contributed by atoms with Crippen LogP contribution < -0.4 is 10.6 Å². The lowest BCUT2D eigenvalue weighted by Crippen LogP contribution is -2.60. The number of hydrogen-bond acceptors (Lipinski definition) is 6. The number of hydrogen-bond donors (Lipinski definition) is 2. The van der Waals surface area contributed by atoms with Gasteiger partial charge in [-0.3, -0.25) is 15.4 Å². The Kier molecular flexibility index (Phi) is 10.1. The summed E-state index contributed by atoms with van der Waals surface area (Å²) in [5.41, 5.74) is 1.30. The van der Waals surface area contributed by atoms with Crippen LogP contribution >= 0.6 is 0 Å². The smallest absolute Gasteiger partial charge is 0.411 e. The molecule has 8 aromatic rings. The summed E-state index contributed by atoms with van der Waals surface area (Å²) in [6, 6.07) is 38.2. The zero-order valence-electron chi connectivity index (χ0n) is 39.0. The molecule has 67 heavy (non-hydrogen) atoms. The van der Waals surface area contributed by atoms with Gasteiger partial charge in [0.2, 0.25) is 0 Å². The van der Waals surface area contributed by atoms with Gasteiger partial charge in [-0.1, -0.05) is 118 Å². The summed E-state index contributed by atoms with van der Waals surface area (Å²) in [6.45, 7) is 7.19. The Morgan fingerprint density at radius 1 is 0.612 bits per heavy atom. The molecule has 0 saturated heterocycles. The number of anilines is 2. The summed E-state index contributed by atoms with van der Waals surface area (Å²) >= 11 is 0. The first-order chi connectivity index (χ1) is 32.5. The molecule has 8 heteroatoms. The van der Waals surface area contributed by atoms with Crippen LogP contribution in [0.15, 0.2) is 109 Å². The van der Waals surface area contributed by atoms with Gasteiger partial charge in [0, 0.05) is 22.6 Å². The van der Waals surface area contributed by atoms with E-state index in [2.05, 4.69) is 128 Å². The average molecular weight is 893 g/mol. The highest BCUT2D eigenvalue weighted by molar-refractivity contribution is 6.27. The van der Waals surface area contributed by atoms with E-state index < -0.39 is 12.2 Å². The maximum absolute atomic E-state index is 14.5. The number of benzene rings is 8. The van der Waals surface area contributed by atoms with Gasteiger partial charge in [0.15, 0.2) is 0 Å². The number of ether oxygens (including phenoxy) is 3. The SMILES string of the molecule is COC(=O)CC[C@@H](C)[C@H]1CC[C@H]2[C@@H]3CC[C@@H]4C[C@H](OC(=O)Nc5ccc6ccc7cccc8ccc5c6c78)CC[C@]4(C)[C@H]3C[C@H](OC(=O)Nc3ccc4ccc5cccc6ccc3c4c56)[C@]12C. The first kappa shape index (κ1) is 42.2. The minimum atomic E-state index is -0.406. The topological polar surface area (TPSA) is 103 Å². The maximum atomic E-state index is 14.5. The van der Waals surface area contributed by atoms with Crippen molar-refractivity contribution in [1.82, 2.24) is 0 Å². The highest BCUT2D eigenvalue weighted by Gasteiger charge is 2.65. The van der Waals surface area contributed by atoms with Gasteiger partial charge in [-0.05, 0) is 165 Å². The zero-order chi connectivity index (χ0) is 45.8. The van der Waals surface area contributed by atoms with Gasteiger partial charge in [-0.25, -0.2) is 9.59 Å². The summed E-state index contributed by atoms with van der Waals surface area (Å²) < 4.78 is 18.3. The Bertz CT molecular complexity index is 3200. The summed E-state index contributed by atoms with van der Waals surface area (Å²) in [7, 11) is 1.46. The highest BCUT2D eigenvalue weighted by Crippen LogP contribution is 2.69. The molecule has 4 fully saturated rings. The lowest BCUT2D eigenvalue weighted by Gasteiger charge is -2.62. The van der Waals surface area contributed by atoms with Crippen molar-refractivity contribution in [3.05, 3.63) is 109 Å². The molecule has 2 amide bonds. The maximum Gasteiger partial charge on any atom is 0.411 e. The number of fused-ring (bicyclic) bond motifs is 5. The second-order valence-electron chi connectivity index (χ2n) is 21.4. The molecule has 0 radical (unpaired) electrons. The van der Waals surface area contributed by atoms with Crippen molar-refractivity contribution in [1.29, 1.82) is 0 Å². The Morgan fingerprint density at radius 2 is 1.15 bits per heavy atom. The number of methoxy groups -OCH3 is 1. The standard InChI is InChI=1S/C59H60N2O6/c1-33(11-28-51(62)65-4)45-24-25-46-42-23-20-40-31-41(66-56(63)60-48-26-18-38-14-12-34-7-5-9-36-16-21-43(48)54(38)52(34)36)29-30-58(40,2)47(42)32-50(59(45,46)3)67-57(64)61-49-27-19-39-15-13-35-8-6-10-37-17-22-44(49)55(39)53(35)37/h5-10,12-19,21-22,26-27,33,40-42,45-47,50H,11,20,23-25,28-32H2,1-4H3,(H,60,63)(H,61,64)/t33-,40-,41-,42+,45-,46+,47+,50+,58+,59-/m1/s1. The molecule has 0 aromatic heterocycles. The Labute approximate surface area is 391 Å². The van der Waals surface area contributed by atoms with Crippen molar-refractivity contribution >= 4 is 94.2 Å². The highest BCUT2D eigenvalue weighted by atomic mass is 16.6. The van der Waals surface area contributed by atoms with Crippen molar-refractivity contribution in [2.45, 2.75) is 97.2 Å². The molecule has 10 atom stereocenters. The van der Waals surface area contributed by atoms with E-state index in [0.717, 1.165) is 96.1 Å². The van der Waals surface area contributed by atoms with Gasteiger partial charge in [0.05, 0.1) is 18.5 Å². The first-order valence-electron chi connectivity index (χ1n) is 24.9. The Hall–Kier alpha value is -6.15. The first-order valence-corrected chi connectivity index (χ1v) is 24.9. The van der Waals surface area contributed by atoms with Gasteiger partial charge in [-0.15, -0.1) is 0 Å². The van der Waals surface area contributed by atoms with Crippen molar-refractivity contribution in [3.63, 3.8) is 0 Å². The van der Waals surface area contributed by atoms with Crippen LogP contribution in [0.3, 0.4) is 0 Å². The van der Waals surface area contributed by atoms with Crippen LogP contribution in [0.25, 0.3) is 64.6 Å². The van der Waals surface area contributed by atoms with Crippen molar-refractivity contribution in [2.75, 3.05) is 17.7 Å². The third-order valence-corrected chi connectivity index (χ3v) is 18.5. The number of esters is 1. The minimum absolute atomic E-state index is 0.0193. The van der Waals surface area contributed by atoms with Gasteiger partial charge in [0.25, 0.3) is 0 Å². The number of carbonyl (C=O) groups is 3. The molecule has 0 unspecified atom stereocenters. The predicted octanol–water partition coefficient (Wildman–Crippen LogP) is 14.9. The zero-order valence-corrected chi connectivity index (χ0v) is 39.0. The normalized spacial score (nSPS) is 28.6. The van der Waals surface area contributed by atoms with Crippen LogP contribution in [-0.2, 0) is 19.0 Å². The quantitative estimate of drug-likeness (QED) is 0.0895. The van der Waals surface area contributed by atoms with Gasteiger partial charge in [-0.2, -0.15) is 0 Å². The van der Waals surface area contributed by atoms with Crippen LogP contribution in [0.4, 0.5) is 21.0 Å². The fourth-order valence-corrected chi connectivity index (χ4v) is 15.3. The van der Waals surface area contributed by atoms with E-state index in [-0.39, 0.29) is 34.9 Å². The molecule has 342 valence electrons. The van der Waals surface area contributed by atoms with E-state index in [1.165, 1.54) is 44.8 Å². The molecule has 8 aromatic carbocycles. The van der Waals surface area contributed by atoms with Crippen LogP contribution in [-0.4, -0.2) is 37.5 Å². The number of carbonyl (C=O) groups excluding carboxylic acids is 3. The molecule has 0 spiro atoms. The molecule has 2 N–H and O–H groups in total. The van der Waals surface area contributed by atoms with Gasteiger partial charge < -0.3 is 14.2 Å². The lowest BCUT2D eigenvalue weighted by atomic mass is 9.43. The van der Waals surface area contributed by atoms with Crippen LogP contribution in [0, 0.1) is 46.3 Å². The fourth-order valence-electron chi connectivity index (χ4n) is 15.3. The molecule has 4 saturated carbocycles. The monoisotopic (exact) mass is 892 g/mol. The molecule has 8 nitrogen and oxygen atoms in total. The number of amides is 2. The molecule has 0 heterocycles. The van der Waals surface area contributed by atoms with Crippen LogP contribution in [0.2, 0.25) is 0 Å². The molecule has 4 aliphatic carbocycles. The van der Waals surface area contributed by atoms with Crippen molar-refractivity contribution in [2.24, 2.45) is 46.3 Å². The van der Waals surface area contributed by atoms with Gasteiger partial charge in [0.1, 0.15) is 12.2 Å². The summed E-state index contributed by atoms with van der Waals surface area (Å²) in [6.07, 6.45) is 7.65. The molecule has 0 aliphatic heterocycles. The van der Waals surface area contributed by atoms with Crippen LogP contribution in [0.5, 0.6) is 0 Å². The van der Waals surface area contributed by atoms with Crippen LogP contribution in [0.1, 0.15) is 85.0 Å². The lowest BCUT2D eigenvalue weighted by molar-refractivity contribution is -0.174. The predicted molar refractivity (Wildman–Crippen MR) is 269 cm³/mol. The average Bonchev–Trinajstić information content (AvgIpc) is 3.71. The molecular weight excluding hydrogens is 833 g/mol. The van der Waals surface area contributed by atoms with E-state index in [1.54, 1.807) is 0 Å². The Morgan fingerprint density at radius 3 is 1.73 bits per heavy atom. The summed E-state index contributed by atoms with van der Waals surface area (Å²) in [5.74, 6) is 2.06. The number of rotatable bonds is 8. The van der Waals surface area contributed by atoms with E-state index in [4.69, 9.17) is 14.2 Å². The molecular formula is C59H60N2O6. The third kappa shape index (κ3) is 6.70. The fraction of sp³-hybridized carbons (Fsp3) is 0.407. The minimum Gasteiger partial charge on any atom is -0.469 e. The largest absolute Gasteiger partial charge is 0.469 e.